The lowest BCUT2D eigenvalue weighted by molar-refractivity contribution is -0.384. The van der Waals surface area contributed by atoms with E-state index in [0.29, 0.717) is 11.7 Å². The van der Waals surface area contributed by atoms with Crippen molar-refractivity contribution in [3.63, 3.8) is 0 Å². The molecule has 2 aromatic carbocycles. The Bertz CT molecular complexity index is 848. The molecule has 0 aliphatic carbocycles. The number of carbonyl (C=O) groups excluding carboxylic acids is 1. The van der Waals surface area contributed by atoms with Gasteiger partial charge in [0.1, 0.15) is 11.4 Å². The average Bonchev–Trinajstić information content (AvgIpc) is 2.74. The molecule has 29 heavy (non-hydrogen) atoms. The highest BCUT2D eigenvalue weighted by molar-refractivity contribution is 5.96. The number of nitrogens with one attached hydrogen (secondary N) is 1. The number of amides is 1. The summed E-state index contributed by atoms with van der Waals surface area (Å²) in [6.45, 7) is 3.54. The van der Waals surface area contributed by atoms with E-state index in [0.717, 1.165) is 32.4 Å². The normalized spacial score (nSPS) is 16.2. The standard InChI is InChI=1S/C22H27N3O4/c1-16(22(26)23-20-9-8-19(29-2)15-21(20)25(27)28)24-12-10-18(11-13-24)14-17-6-4-3-5-7-17/h3-9,15-16,18H,10-14H2,1-2H3,(H,23,26)/t16-/m0/s1. The molecule has 1 heterocycles. The first-order chi connectivity index (χ1) is 14.0. The summed E-state index contributed by atoms with van der Waals surface area (Å²) in [5.41, 5.74) is 1.36. The van der Waals surface area contributed by atoms with Crippen LogP contribution in [0.2, 0.25) is 0 Å². The van der Waals surface area contributed by atoms with Crippen LogP contribution in [0, 0.1) is 16.0 Å². The van der Waals surface area contributed by atoms with Gasteiger partial charge in [-0.25, -0.2) is 0 Å². The number of anilines is 1. The first kappa shape index (κ1) is 20.8. The van der Waals surface area contributed by atoms with Gasteiger partial charge in [-0.2, -0.15) is 0 Å². The summed E-state index contributed by atoms with van der Waals surface area (Å²) < 4.78 is 5.03. The van der Waals surface area contributed by atoms with Crippen molar-refractivity contribution in [2.45, 2.75) is 32.2 Å². The minimum absolute atomic E-state index is 0.175. The zero-order valence-electron chi connectivity index (χ0n) is 16.8. The zero-order chi connectivity index (χ0) is 20.8. The molecule has 0 aromatic heterocycles. The van der Waals surface area contributed by atoms with Crippen molar-refractivity contribution in [1.82, 2.24) is 4.90 Å². The van der Waals surface area contributed by atoms with Gasteiger partial charge in [-0.1, -0.05) is 30.3 Å². The molecule has 7 nitrogen and oxygen atoms in total. The molecule has 1 N–H and O–H groups in total. The van der Waals surface area contributed by atoms with Crippen LogP contribution < -0.4 is 10.1 Å². The fourth-order valence-electron chi connectivity index (χ4n) is 3.79. The predicted octanol–water partition coefficient (Wildman–Crippen LogP) is 3.89. The Morgan fingerprint density at radius 3 is 2.55 bits per heavy atom. The second kappa shape index (κ2) is 9.52. The fraction of sp³-hybridized carbons (Fsp3) is 0.409. The molecule has 1 fully saturated rings. The van der Waals surface area contributed by atoms with E-state index in [-0.39, 0.29) is 23.3 Å². The Balaban J connectivity index is 1.57. The molecule has 0 radical (unpaired) electrons. The number of ether oxygens (including phenoxy) is 1. The lowest BCUT2D eigenvalue weighted by Gasteiger charge is -2.35. The second-order valence-electron chi connectivity index (χ2n) is 7.47. The highest BCUT2D eigenvalue weighted by Gasteiger charge is 2.28. The summed E-state index contributed by atoms with van der Waals surface area (Å²) in [5, 5.41) is 14.0. The third-order valence-corrected chi connectivity index (χ3v) is 5.60. The van der Waals surface area contributed by atoms with Crippen LogP contribution in [0.4, 0.5) is 11.4 Å². The molecular weight excluding hydrogens is 370 g/mol. The van der Waals surface area contributed by atoms with Crippen molar-refractivity contribution in [2.24, 2.45) is 5.92 Å². The minimum atomic E-state index is -0.516. The number of hydrogen-bond acceptors (Lipinski definition) is 5. The second-order valence-corrected chi connectivity index (χ2v) is 7.47. The maximum absolute atomic E-state index is 12.7. The SMILES string of the molecule is COc1ccc(NC(=O)[C@H](C)N2CCC(Cc3ccccc3)CC2)c([N+](=O)[O-])c1. The molecular formula is C22H27N3O4. The Labute approximate surface area is 170 Å². The maximum atomic E-state index is 12.7. The number of methoxy groups -OCH3 is 1. The molecule has 1 atom stereocenters. The third-order valence-electron chi connectivity index (χ3n) is 5.60. The number of piperidine rings is 1. The Kier molecular flexibility index (Phi) is 6.82. The quantitative estimate of drug-likeness (QED) is 0.566. The molecule has 0 saturated carbocycles. The van der Waals surface area contributed by atoms with Crippen LogP contribution in [0.1, 0.15) is 25.3 Å². The highest BCUT2D eigenvalue weighted by atomic mass is 16.6. The van der Waals surface area contributed by atoms with Gasteiger partial charge in [0, 0.05) is 0 Å². The van der Waals surface area contributed by atoms with E-state index in [4.69, 9.17) is 4.74 Å². The maximum Gasteiger partial charge on any atom is 0.296 e. The van der Waals surface area contributed by atoms with Crippen LogP contribution in [-0.2, 0) is 11.2 Å². The molecule has 0 bridgehead atoms. The van der Waals surface area contributed by atoms with Gasteiger partial charge in [-0.05, 0) is 62.9 Å². The van der Waals surface area contributed by atoms with Crippen molar-refractivity contribution in [1.29, 1.82) is 0 Å². The lowest BCUT2D eigenvalue weighted by atomic mass is 9.89. The van der Waals surface area contributed by atoms with Crippen molar-refractivity contribution in [3.05, 3.63) is 64.2 Å². The molecule has 1 aliphatic rings. The Morgan fingerprint density at radius 1 is 1.24 bits per heavy atom. The molecule has 1 amide bonds. The number of hydrogen-bond donors (Lipinski definition) is 1. The van der Waals surface area contributed by atoms with E-state index in [9.17, 15) is 14.9 Å². The van der Waals surface area contributed by atoms with Crippen LogP contribution >= 0.6 is 0 Å². The van der Waals surface area contributed by atoms with Crippen LogP contribution in [0.25, 0.3) is 0 Å². The van der Waals surface area contributed by atoms with Gasteiger partial charge in [0.2, 0.25) is 5.91 Å². The fourth-order valence-corrected chi connectivity index (χ4v) is 3.79. The lowest BCUT2D eigenvalue weighted by Crippen LogP contribution is -2.46. The topological polar surface area (TPSA) is 84.7 Å². The summed E-state index contributed by atoms with van der Waals surface area (Å²) in [5.74, 6) is 0.759. The molecule has 0 spiro atoms. The summed E-state index contributed by atoms with van der Waals surface area (Å²) in [6, 6.07) is 14.5. The monoisotopic (exact) mass is 397 g/mol. The number of benzene rings is 2. The first-order valence-corrected chi connectivity index (χ1v) is 9.89. The van der Waals surface area contributed by atoms with Crippen LogP contribution in [0.3, 0.4) is 0 Å². The number of carbonyl (C=O) groups is 1. The van der Waals surface area contributed by atoms with E-state index in [2.05, 4.69) is 34.5 Å². The van der Waals surface area contributed by atoms with Crippen LogP contribution in [0.5, 0.6) is 5.75 Å². The van der Waals surface area contributed by atoms with Crippen molar-refractivity contribution < 1.29 is 14.5 Å². The van der Waals surface area contributed by atoms with Gasteiger partial charge in [0.15, 0.2) is 0 Å². The number of rotatable bonds is 7. The molecule has 0 unspecified atom stereocenters. The minimum Gasteiger partial charge on any atom is -0.496 e. The van der Waals surface area contributed by atoms with Crippen molar-refractivity contribution in [2.75, 3.05) is 25.5 Å². The smallest absolute Gasteiger partial charge is 0.296 e. The third kappa shape index (κ3) is 5.32. The van der Waals surface area contributed by atoms with E-state index < -0.39 is 4.92 Å². The molecule has 1 saturated heterocycles. The van der Waals surface area contributed by atoms with E-state index in [1.807, 2.05) is 13.0 Å². The van der Waals surface area contributed by atoms with Gasteiger partial charge in [-0.3, -0.25) is 19.8 Å². The summed E-state index contributed by atoms with van der Waals surface area (Å²) >= 11 is 0. The molecule has 2 aromatic rings. The Hall–Kier alpha value is -2.93. The van der Waals surface area contributed by atoms with Crippen molar-refractivity contribution >= 4 is 17.3 Å². The highest BCUT2D eigenvalue weighted by Crippen LogP contribution is 2.29. The van der Waals surface area contributed by atoms with E-state index in [1.165, 1.54) is 24.8 Å². The average molecular weight is 397 g/mol. The van der Waals surface area contributed by atoms with Crippen LogP contribution in [-0.4, -0.2) is 42.0 Å². The van der Waals surface area contributed by atoms with Gasteiger partial charge >= 0.3 is 0 Å². The van der Waals surface area contributed by atoms with Gasteiger partial charge in [-0.15, -0.1) is 0 Å². The molecule has 7 heteroatoms. The predicted molar refractivity (Wildman–Crippen MR) is 112 cm³/mol. The number of nitro benzene ring substituents is 1. The van der Waals surface area contributed by atoms with Crippen LogP contribution in [0.15, 0.2) is 48.5 Å². The summed E-state index contributed by atoms with van der Waals surface area (Å²) in [4.78, 5) is 25.7. The van der Waals surface area contributed by atoms with Gasteiger partial charge in [0.25, 0.3) is 5.69 Å². The summed E-state index contributed by atoms with van der Waals surface area (Å²) in [7, 11) is 1.45. The molecule has 1 aliphatic heterocycles. The number of nitrogens with zero attached hydrogens (tertiary/aromatic N) is 2. The summed E-state index contributed by atoms with van der Waals surface area (Å²) in [6.07, 6.45) is 3.14. The zero-order valence-corrected chi connectivity index (χ0v) is 16.8. The van der Waals surface area contributed by atoms with E-state index in [1.54, 1.807) is 6.07 Å². The van der Waals surface area contributed by atoms with Gasteiger partial charge in [0.05, 0.1) is 24.1 Å². The molecule has 3 rings (SSSR count). The first-order valence-electron chi connectivity index (χ1n) is 9.89. The number of nitro groups is 1. The van der Waals surface area contributed by atoms with E-state index >= 15 is 0 Å². The molecule has 154 valence electrons. The number of likely N-dealkylation sites (tertiary alicyclic amines) is 1. The Morgan fingerprint density at radius 2 is 1.93 bits per heavy atom. The van der Waals surface area contributed by atoms with Gasteiger partial charge < -0.3 is 10.1 Å². The van der Waals surface area contributed by atoms with Crippen molar-refractivity contribution in [3.8, 4) is 5.75 Å². The largest absolute Gasteiger partial charge is 0.496 e.